The molecule has 0 aromatic heterocycles. The van der Waals surface area contributed by atoms with Gasteiger partial charge in [0.05, 0.1) is 29.6 Å². The molecule has 31 heavy (non-hydrogen) atoms. The Morgan fingerprint density at radius 2 is 1.97 bits per heavy atom. The highest BCUT2D eigenvalue weighted by Gasteiger charge is 2.24. The number of carbonyl (C=O) groups excluding carboxylic acids is 2. The molecule has 2 aromatic carbocycles. The van der Waals surface area contributed by atoms with Crippen LogP contribution in [0.1, 0.15) is 39.1 Å². The van der Waals surface area contributed by atoms with Crippen LogP contribution in [-0.4, -0.2) is 40.3 Å². The first-order valence-electron chi connectivity index (χ1n) is 9.42. The molecule has 164 valence electrons. The molecule has 1 aliphatic heterocycles. The van der Waals surface area contributed by atoms with Gasteiger partial charge in [-0.1, -0.05) is 6.07 Å². The number of ether oxygens (including phenoxy) is 2. The molecule has 1 heterocycles. The Morgan fingerprint density at radius 1 is 1.19 bits per heavy atom. The van der Waals surface area contributed by atoms with Gasteiger partial charge in [0.25, 0.3) is 0 Å². The van der Waals surface area contributed by atoms with Crippen molar-refractivity contribution in [1.82, 2.24) is 0 Å². The summed E-state index contributed by atoms with van der Waals surface area (Å²) in [5.41, 5.74) is 12.4. The Balaban J connectivity index is 1.93. The Kier molecular flexibility index (Phi) is 6.74. The van der Waals surface area contributed by atoms with Crippen LogP contribution >= 0.6 is 7.60 Å². The largest absolute Gasteiger partial charge is 0.489 e. The van der Waals surface area contributed by atoms with Gasteiger partial charge in [-0.05, 0) is 48.7 Å². The van der Waals surface area contributed by atoms with Crippen molar-refractivity contribution in [3.05, 3.63) is 53.1 Å². The van der Waals surface area contributed by atoms with E-state index in [0.29, 0.717) is 29.7 Å². The zero-order valence-electron chi connectivity index (χ0n) is 16.5. The van der Waals surface area contributed by atoms with E-state index in [4.69, 9.17) is 30.7 Å². The highest BCUT2D eigenvalue weighted by molar-refractivity contribution is 7.51. The van der Waals surface area contributed by atoms with Crippen LogP contribution in [0, 0.1) is 0 Å². The number of hydrogen-bond acceptors (Lipinski definition) is 6. The fourth-order valence-electron chi connectivity index (χ4n) is 3.14. The summed E-state index contributed by atoms with van der Waals surface area (Å²) in [4.78, 5) is 47.4. The average molecular weight is 447 g/mol. The maximum Gasteiger partial charge on any atom is 0.343 e. The quantitative estimate of drug-likeness (QED) is 0.133. The molecule has 0 unspecified atom stereocenters. The lowest BCUT2D eigenvalue weighted by atomic mass is 10.0. The number of guanidine groups is 1. The number of Topliss-reactive ketones (excluding diaryl/α,β-unsaturated/α-hetero) is 1. The molecule has 2 aromatic rings. The molecule has 0 bridgehead atoms. The molecule has 0 saturated carbocycles. The van der Waals surface area contributed by atoms with Crippen LogP contribution in [0.2, 0.25) is 0 Å². The maximum atomic E-state index is 12.8. The van der Waals surface area contributed by atoms with Gasteiger partial charge >= 0.3 is 13.6 Å². The van der Waals surface area contributed by atoms with Gasteiger partial charge in [-0.3, -0.25) is 9.36 Å². The summed E-state index contributed by atoms with van der Waals surface area (Å²) in [6, 6.07) is 9.31. The third-order valence-corrected chi connectivity index (χ3v) is 5.32. The van der Waals surface area contributed by atoms with E-state index >= 15 is 0 Å². The number of para-hydroxylation sites is 1. The van der Waals surface area contributed by atoms with Crippen molar-refractivity contribution in [2.45, 2.75) is 19.3 Å². The second kappa shape index (κ2) is 9.30. The number of fused-ring (bicyclic) bond motifs is 2. The van der Waals surface area contributed by atoms with Gasteiger partial charge in [0.1, 0.15) is 0 Å². The lowest BCUT2D eigenvalue weighted by Gasteiger charge is -2.18. The second-order valence-electron chi connectivity index (χ2n) is 6.91. The van der Waals surface area contributed by atoms with Crippen molar-refractivity contribution in [3.8, 4) is 11.5 Å². The molecule has 0 spiro atoms. The van der Waals surface area contributed by atoms with Crippen molar-refractivity contribution in [3.63, 3.8) is 0 Å². The first kappa shape index (κ1) is 22.5. The SMILES string of the molecule is NC(N)=Nc1ccc2c(c1)CCCOc1c(cccc1C(=O)CCP(=O)(O)O)OC2=O. The number of hydrogen-bond donors (Lipinski definition) is 4. The second-order valence-corrected chi connectivity index (χ2v) is 8.69. The van der Waals surface area contributed by atoms with Gasteiger partial charge in [-0.2, -0.15) is 0 Å². The first-order chi connectivity index (χ1) is 14.6. The van der Waals surface area contributed by atoms with Crippen LogP contribution in [0.3, 0.4) is 0 Å². The van der Waals surface area contributed by atoms with Gasteiger partial charge in [0.15, 0.2) is 23.2 Å². The minimum Gasteiger partial charge on any atom is -0.489 e. The van der Waals surface area contributed by atoms with Crippen LogP contribution in [-0.2, 0) is 11.0 Å². The molecule has 0 radical (unpaired) electrons. The van der Waals surface area contributed by atoms with E-state index in [9.17, 15) is 14.2 Å². The van der Waals surface area contributed by atoms with Gasteiger partial charge in [-0.25, -0.2) is 9.79 Å². The van der Waals surface area contributed by atoms with Crippen LogP contribution in [0.5, 0.6) is 11.5 Å². The Hall–Kier alpha value is -3.20. The Bertz CT molecular complexity index is 1090. The summed E-state index contributed by atoms with van der Waals surface area (Å²) < 4.78 is 22.4. The fraction of sp³-hybridized carbons (Fsp3) is 0.250. The molecule has 0 atom stereocenters. The van der Waals surface area contributed by atoms with E-state index in [0.717, 1.165) is 0 Å². The zero-order chi connectivity index (χ0) is 22.6. The highest BCUT2D eigenvalue weighted by Crippen LogP contribution is 2.38. The predicted octanol–water partition coefficient (Wildman–Crippen LogP) is 1.89. The summed E-state index contributed by atoms with van der Waals surface area (Å²) in [6.45, 7) is 0.222. The smallest absolute Gasteiger partial charge is 0.343 e. The molecule has 10 nitrogen and oxygen atoms in total. The molecule has 0 aliphatic carbocycles. The highest BCUT2D eigenvalue weighted by atomic mass is 31.2. The summed E-state index contributed by atoms with van der Waals surface area (Å²) in [7, 11) is -4.33. The van der Waals surface area contributed by atoms with Crippen LogP contribution in [0.15, 0.2) is 41.4 Å². The van der Waals surface area contributed by atoms with Crippen molar-refractivity contribution in [2.24, 2.45) is 16.5 Å². The third-order valence-electron chi connectivity index (χ3n) is 4.52. The molecule has 1 aliphatic rings. The van der Waals surface area contributed by atoms with E-state index in [-0.39, 0.29) is 36.0 Å². The monoisotopic (exact) mass is 447 g/mol. The minimum atomic E-state index is -4.33. The van der Waals surface area contributed by atoms with Gasteiger partial charge in [0.2, 0.25) is 0 Å². The topological polar surface area (TPSA) is 175 Å². The van der Waals surface area contributed by atoms with Gasteiger partial charge < -0.3 is 30.7 Å². The van der Waals surface area contributed by atoms with E-state index in [2.05, 4.69) is 4.99 Å². The molecule has 11 heteroatoms. The molecule has 0 saturated heterocycles. The van der Waals surface area contributed by atoms with E-state index < -0.39 is 25.5 Å². The molecular formula is C20H22N3O7P. The Labute approximate surface area is 178 Å². The van der Waals surface area contributed by atoms with Crippen LogP contribution < -0.4 is 20.9 Å². The number of aliphatic imine (C=N–C) groups is 1. The molecule has 6 N–H and O–H groups in total. The number of aryl methyl sites for hydroxylation is 1. The number of benzene rings is 2. The Morgan fingerprint density at radius 3 is 2.68 bits per heavy atom. The molecule has 3 rings (SSSR count). The van der Waals surface area contributed by atoms with Crippen molar-refractivity contribution in [2.75, 3.05) is 12.8 Å². The van der Waals surface area contributed by atoms with Gasteiger partial charge in [-0.15, -0.1) is 0 Å². The number of nitrogens with two attached hydrogens (primary N) is 2. The summed E-state index contributed by atoms with van der Waals surface area (Å²) in [6.07, 6.45) is 0.0488. The van der Waals surface area contributed by atoms with Gasteiger partial charge in [0, 0.05) is 6.42 Å². The van der Waals surface area contributed by atoms with E-state index in [1.165, 1.54) is 18.2 Å². The number of esters is 1. The molecule has 0 fully saturated rings. The number of ketones is 1. The average Bonchev–Trinajstić information content (AvgIpc) is 2.69. The first-order valence-corrected chi connectivity index (χ1v) is 11.2. The molecular weight excluding hydrogens is 425 g/mol. The standard InChI is InChI=1S/C20H22N3O7P/c21-20(22)23-13-6-7-14-12(11-13)3-2-9-29-18-15(16(24)8-10-31(26,27)28)4-1-5-17(18)30-19(14)25/h1,4-7,11H,2-3,8-10H2,(H4,21,22,23)(H2,26,27,28). The van der Waals surface area contributed by atoms with Crippen molar-refractivity contribution < 1.29 is 33.4 Å². The van der Waals surface area contributed by atoms with E-state index in [1.54, 1.807) is 18.2 Å². The lowest BCUT2D eigenvalue weighted by molar-refractivity contribution is 0.0723. The fourth-order valence-corrected chi connectivity index (χ4v) is 3.64. The maximum absolute atomic E-state index is 12.8. The van der Waals surface area contributed by atoms with Crippen molar-refractivity contribution in [1.29, 1.82) is 0 Å². The lowest BCUT2D eigenvalue weighted by Crippen LogP contribution is -2.22. The summed E-state index contributed by atoms with van der Waals surface area (Å²) in [5, 5.41) is 0. The van der Waals surface area contributed by atoms with E-state index in [1.807, 2.05) is 0 Å². The van der Waals surface area contributed by atoms with Crippen LogP contribution in [0.25, 0.3) is 0 Å². The number of carbonyl (C=O) groups is 2. The molecule has 0 amide bonds. The normalized spacial score (nSPS) is 13.8. The predicted molar refractivity (Wildman–Crippen MR) is 113 cm³/mol. The zero-order valence-corrected chi connectivity index (χ0v) is 17.4. The summed E-state index contributed by atoms with van der Waals surface area (Å²) >= 11 is 0. The van der Waals surface area contributed by atoms with Crippen LogP contribution in [0.4, 0.5) is 5.69 Å². The number of rotatable bonds is 5. The minimum absolute atomic E-state index is 0.0492. The summed E-state index contributed by atoms with van der Waals surface area (Å²) in [5.74, 6) is -1.13. The van der Waals surface area contributed by atoms with Crippen molar-refractivity contribution >= 4 is 31.0 Å². The number of nitrogens with zero attached hydrogens (tertiary/aromatic N) is 1. The third kappa shape index (κ3) is 5.91.